The summed E-state index contributed by atoms with van der Waals surface area (Å²) < 4.78 is 5.62. The molecule has 0 unspecified atom stereocenters. The van der Waals surface area contributed by atoms with E-state index in [1.165, 1.54) is 0 Å². The fourth-order valence-electron chi connectivity index (χ4n) is 2.64. The molecule has 0 aliphatic carbocycles. The van der Waals surface area contributed by atoms with Gasteiger partial charge in [-0.05, 0) is 38.1 Å². The van der Waals surface area contributed by atoms with Crippen molar-refractivity contribution < 1.29 is 9.53 Å². The summed E-state index contributed by atoms with van der Waals surface area (Å²) in [6.07, 6.45) is 3.41. The molecule has 2 aromatic carbocycles. The van der Waals surface area contributed by atoms with Crippen LogP contribution in [0.4, 0.5) is 5.69 Å². The van der Waals surface area contributed by atoms with E-state index in [0.29, 0.717) is 11.4 Å². The van der Waals surface area contributed by atoms with Gasteiger partial charge in [-0.25, -0.2) is 0 Å². The Kier molecular flexibility index (Phi) is 5.04. The molecule has 0 saturated carbocycles. The average Bonchev–Trinajstić information content (AvgIpc) is 3.02. The lowest BCUT2D eigenvalue weighted by Gasteiger charge is -2.11. The lowest BCUT2D eigenvalue weighted by atomic mass is 10.1. The van der Waals surface area contributed by atoms with E-state index in [1.54, 1.807) is 30.5 Å². The molecular formula is C21H19N3O2. The first-order chi connectivity index (χ1) is 12.6. The highest BCUT2D eigenvalue weighted by Crippen LogP contribution is 2.22. The van der Waals surface area contributed by atoms with Crippen LogP contribution in [0.15, 0.2) is 60.3 Å². The van der Waals surface area contributed by atoms with Crippen molar-refractivity contribution in [3.63, 3.8) is 0 Å². The third-order valence-electron chi connectivity index (χ3n) is 3.75. The number of fused-ring (bicyclic) bond motifs is 1. The highest BCUT2D eigenvalue weighted by Gasteiger charge is 2.12. The summed E-state index contributed by atoms with van der Waals surface area (Å²) in [5.74, 6) is 0.205. The number of nitrogens with zero attached hydrogens (tertiary/aromatic N) is 1. The molecule has 5 nitrogen and oxygen atoms in total. The van der Waals surface area contributed by atoms with Crippen LogP contribution in [0.25, 0.3) is 17.0 Å². The van der Waals surface area contributed by atoms with Gasteiger partial charge in [-0.15, -0.1) is 0 Å². The highest BCUT2D eigenvalue weighted by molar-refractivity contribution is 6.10. The van der Waals surface area contributed by atoms with Crippen molar-refractivity contribution in [1.29, 1.82) is 5.26 Å². The number of aromatic amines is 1. The molecule has 1 amide bonds. The monoisotopic (exact) mass is 345 g/mol. The Morgan fingerprint density at radius 3 is 2.81 bits per heavy atom. The van der Waals surface area contributed by atoms with Gasteiger partial charge in [0.05, 0.1) is 6.10 Å². The van der Waals surface area contributed by atoms with E-state index in [0.717, 1.165) is 16.5 Å². The number of carbonyl (C=O) groups excluding carboxylic acids is 1. The van der Waals surface area contributed by atoms with Crippen LogP contribution in [0, 0.1) is 11.3 Å². The number of amides is 1. The van der Waals surface area contributed by atoms with Gasteiger partial charge in [-0.3, -0.25) is 4.79 Å². The smallest absolute Gasteiger partial charge is 0.266 e. The number of hydrogen-bond acceptors (Lipinski definition) is 3. The van der Waals surface area contributed by atoms with E-state index in [4.69, 9.17) is 4.74 Å². The second-order valence-electron chi connectivity index (χ2n) is 6.11. The van der Waals surface area contributed by atoms with Crippen LogP contribution < -0.4 is 10.1 Å². The Hall–Kier alpha value is -3.52. The number of carbonyl (C=O) groups is 1. The summed E-state index contributed by atoms with van der Waals surface area (Å²) >= 11 is 0. The molecule has 26 heavy (non-hydrogen) atoms. The zero-order valence-electron chi connectivity index (χ0n) is 14.6. The molecule has 0 saturated heterocycles. The number of nitrogens with one attached hydrogen (secondary N) is 2. The molecule has 0 spiro atoms. The first-order valence-corrected chi connectivity index (χ1v) is 8.33. The first kappa shape index (κ1) is 17.3. The normalized spacial score (nSPS) is 11.4. The van der Waals surface area contributed by atoms with Gasteiger partial charge in [0.15, 0.2) is 0 Å². The Balaban J connectivity index is 1.82. The van der Waals surface area contributed by atoms with E-state index in [2.05, 4.69) is 10.3 Å². The molecule has 0 fully saturated rings. The number of aromatic nitrogens is 1. The molecule has 0 atom stereocenters. The van der Waals surface area contributed by atoms with Crippen molar-refractivity contribution in [3.05, 3.63) is 65.9 Å². The van der Waals surface area contributed by atoms with Crippen molar-refractivity contribution in [1.82, 2.24) is 4.98 Å². The summed E-state index contributed by atoms with van der Waals surface area (Å²) in [4.78, 5) is 15.6. The third-order valence-corrected chi connectivity index (χ3v) is 3.75. The zero-order valence-corrected chi connectivity index (χ0v) is 14.6. The van der Waals surface area contributed by atoms with Crippen LogP contribution in [-0.4, -0.2) is 17.0 Å². The number of ether oxygens (including phenoxy) is 1. The van der Waals surface area contributed by atoms with Gasteiger partial charge < -0.3 is 15.0 Å². The number of rotatable bonds is 5. The molecule has 3 rings (SSSR count). The lowest BCUT2D eigenvalue weighted by Crippen LogP contribution is -2.13. The van der Waals surface area contributed by atoms with E-state index >= 15 is 0 Å². The third kappa shape index (κ3) is 3.93. The van der Waals surface area contributed by atoms with Crippen molar-refractivity contribution in [2.24, 2.45) is 0 Å². The van der Waals surface area contributed by atoms with Crippen LogP contribution in [0.5, 0.6) is 5.75 Å². The summed E-state index contributed by atoms with van der Waals surface area (Å²) in [7, 11) is 0. The maximum atomic E-state index is 12.5. The predicted molar refractivity (Wildman–Crippen MR) is 103 cm³/mol. The van der Waals surface area contributed by atoms with Gasteiger partial charge in [-0.2, -0.15) is 5.26 Å². The second kappa shape index (κ2) is 7.58. The topological polar surface area (TPSA) is 77.9 Å². The fraction of sp³-hybridized carbons (Fsp3) is 0.143. The van der Waals surface area contributed by atoms with Crippen molar-refractivity contribution in [2.75, 3.05) is 5.32 Å². The van der Waals surface area contributed by atoms with E-state index in [1.807, 2.05) is 50.2 Å². The standard InChI is InChI=1S/C21H19N3O2/c1-14(2)26-18-7-5-6-17(11-18)24-21(25)15(12-22)10-16-13-23-20-9-4-3-8-19(16)20/h3-11,13-14,23H,1-2H3,(H,24,25)/b15-10-. The maximum absolute atomic E-state index is 12.5. The van der Waals surface area contributed by atoms with Crippen molar-refractivity contribution >= 4 is 28.6 Å². The molecular weight excluding hydrogens is 326 g/mol. The number of hydrogen-bond donors (Lipinski definition) is 2. The Bertz CT molecular complexity index is 1010. The summed E-state index contributed by atoms with van der Waals surface area (Å²) in [6, 6.07) is 16.8. The largest absolute Gasteiger partial charge is 0.491 e. The van der Waals surface area contributed by atoms with Crippen LogP contribution in [0.2, 0.25) is 0 Å². The Morgan fingerprint density at radius 1 is 1.23 bits per heavy atom. The van der Waals surface area contributed by atoms with E-state index in [9.17, 15) is 10.1 Å². The van der Waals surface area contributed by atoms with Crippen LogP contribution >= 0.6 is 0 Å². The summed E-state index contributed by atoms with van der Waals surface area (Å²) in [5, 5.41) is 13.1. The van der Waals surface area contributed by atoms with Gasteiger partial charge >= 0.3 is 0 Å². The number of para-hydroxylation sites is 1. The summed E-state index contributed by atoms with van der Waals surface area (Å²) in [6.45, 7) is 3.87. The van der Waals surface area contributed by atoms with Gasteiger partial charge in [0.2, 0.25) is 0 Å². The molecule has 2 N–H and O–H groups in total. The Labute approximate surface area is 151 Å². The van der Waals surface area contributed by atoms with Gasteiger partial charge in [-0.1, -0.05) is 24.3 Å². The minimum atomic E-state index is -0.459. The lowest BCUT2D eigenvalue weighted by molar-refractivity contribution is -0.112. The average molecular weight is 345 g/mol. The SMILES string of the molecule is CC(C)Oc1cccc(NC(=O)/C(C#N)=C\c2c[nH]c3ccccc23)c1. The number of nitriles is 1. The highest BCUT2D eigenvalue weighted by atomic mass is 16.5. The minimum absolute atomic E-state index is 0.0323. The fourth-order valence-corrected chi connectivity index (χ4v) is 2.64. The predicted octanol–water partition coefficient (Wildman–Crippen LogP) is 4.50. The number of anilines is 1. The molecule has 0 aliphatic rings. The summed E-state index contributed by atoms with van der Waals surface area (Å²) in [5.41, 5.74) is 2.36. The van der Waals surface area contributed by atoms with Crippen LogP contribution in [0.3, 0.4) is 0 Å². The second-order valence-corrected chi connectivity index (χ2v) is 6.11. The van der Waals surface area contributed by atoms with E-state index in [-0.39, 0.29) is 11.7 Å². The molecule has 3 aromatic rings. The molecule has 5 heteroatoms. The van der Waals surface area contributed by atoms with Gasteiger partial charge in [0.25, 0.3) is 5.91 Å². The van der Waals surface area contributed by atoms with Crippen LogP contribution in [0.1, 0.15) is 19.4 Å². The van der Waals surface area contributed by atoms with Gasteiger partial charge in [0.1, 0.15) is 17.4 Å². The molecule has 0 aliphatic heterocycles. The maximum Gasteiger partial charge on any atom is 0.266 e. The van der Waals surface area contributed by atoms with E-state index < -0.39 is 5.91 Å². The van der Waals surface area contributed by atoms with Crippen LogP contribution in [-0.2, 0) is 4.79 Å². The van der Waals surface area contributed by atoms with Crippen molar-refractivity contribution in [3.8, 4) is 11.8 Å². The zero-order chi connectivity index (χ0) is 18.5. The quantitative estimate of drug-likeness (QED) is 0.528. The molecule has 1 aromatic heterocycles. The molecule has 130 valence electrons. The number of H-pyrrole nitrogens is 1. The molecule has 1 heterocycles. The van der Waals surface area contributed by atoms with Crippen molar-refractivity contribution in [2.45, 2.75) is 20.0 Å². The number of benzene rings is 2. The first-order valence-electron chi connectivity index (χ1n) is 8.33. The van der Waals surface area contributed by atoms with Gasteiger partial charge in [0, 0.05) is 34.4 Å². The molecule has 0 bridgehead atoms. The Morgan fingerprint density at radius 2 is 2.04 bits per heavy atom. The minimum Gasteiger partial charge on any atom is -0.491 e. The molecule has 0 radical (unpaired) electrons.